The molecule has 2 rings (SSSR count). The van der Waals surface area contributed by atoms with Gasteiger partial charge in [0.15, 0.2) is 0 Å². The van der Waals surface area contributed by atoms with Crippen molar-refractivity contribution in [2.45, 2.75) is 26.2 Å². The molecular weight excluding hydrogens is 392 g/mol. The summed E-state index contributed by atoms with van der Waals surface area (Å²) >= 11 is 0. The number of anilines is 2. The SMILES string of the molecule is COc1ccc(OC)c(NC(=O)CN(c2ccc(C(C)(C)C)cc2)S(C)(=O)=O)c1. The van der Waals surface area contributed by atoms with Crippen molar-refractivity contribution in [1.82, 2.24) is 0 Å². The molecule has 1 N–H and O–H groups in total. The predicted octanol–water partition coefficient (Wildman–Crippen LogP) is 3.41. The Morgan fingerprint density at radius 1 is 1.03 bits per heavy atom. The van der Waals surface area contributed by atoms with Gasteiger partial charge in [-0.15, -0.1) is 0 Å². The van der Waals surface area contributed by atoms with E-state index >= 15 is 0 Å². The molecule has 0 aliphatic rings. The fraction of sp³-hybridized carbons (Fsp3) is 0.381. The second kappa shape index (κ2) is 8.73. The number of sulfonamides is 1. The van der Waals surface area contributed by atoms with Gasteiger partial charge >= 0.3 is 0 Å². The van der Waals surface area contributed by atoms with E-state index in [9.17, 15) is 13.2 Å². The topological polar surface area (TPSA) is 84.9 Å². The third kappa shape index (κ3) is 5.87. The van der Waals surface area contributed by atoms with Crippen LogP contribution in [0.2, 0.25) is 0 Å². The van der Waals surface area contributed by atoms with Crippen LogP contribution in [0.1, 0.15) is 26.3 Å². The Bertz CT molecular complexity index is 964. The average molecular weight is 421 g/mol. The molecular formula is C21H28N2O5S. The monoisotopic (exact) mass is 420 g/mol. The molecule has 8 heteroatoms. The summed E-state index contributed by atoms with van der Waals surface area (Å²) in [4.78, 5) is 12.6. The van der Waals surface area contributed by atoms with Crippen LogP contribution in [-0.4, -0.2) is 41.3 Å². The number of amides is 1. The van der Waals surface area contributed by atoms with Crippen LogP contribution >= 0.6 is 0 Å². The van der Waals surface area contributed by atoms with E-state index in [1.165, 1.54) is 14.2 Å². The second-order valence-corrected chi connectivity index (χ2v) is 9.59. The van der Waals surface area contributed by atoms with Crippen molar-refractivity contribution in [3.63, 3.8) is 0 Å². The van der Waals surface area contributed by atoms with Crippen molar-refractivity contribution in [2.24, 2.45) is 0 Å². The van der Waals surface area contributed by atoms with Gasteiger partial charge in [0.2, 0.25) is 15.9 Å². The number of ether oxygens (including phenoxy) is 2. The van der Waals surface area contributed by atoms with Gasteiger partial charge in [-0.3, -0.25) is 9.10 Å². The van der Waals surface area contributed by atoms with Gasteiger partial charge in [0.25, 0.3) is 0 Å². The van der Waals surface area contributed by atoms with Crippen LogP contribution in [0.3, 0.4) is 0 Å². The molecule has 0 saturated heterocycles. The van der Waals surface area contributed by atoms with E-state index in [-0.39, 0.29) is 12.0 Å². The van der Waals surface area contributed by atoms with Crippen LogP contribution in [0.4, 0.5) is 11.4 Å². The van der Waals surface area contributed by atoms with Crippen molar-refractivity contribution in [2.75, 3.05) is 36.6 Å². The highest BCUT2D eigenvalue weighted by atomic mass is 32.2. The zero-order chi connectivity index (χ0) is 21.8. The van der Waals surface area contributed by atoms with Crippen LogP contribution in [0, 0.1) is 0 Å². The highest BCUT2D eigenvalue weighted by molar-refractivity contribution is 7.92. The lowest BCUT2D eigenvalue weighted by atomic mass is 9.87. The summed E-state index contributed by atoms with van der Waals surface area (Å²) < 4.78 is 36.1. The van der Waals surface area contributed by atoms with Gasteiger partial charge in [0.1, 0.15) is 18.0 Å². The normalized spacial score (nSPS) is 11.7. The van der Waals surface area contributed by atoms with E-state index in [1.807, 2.05) is 12.1 Å². The first-order chi connectivity index (χ1) is 13.5. The number of nitrogens with zero attached hydrogens (tertiary/aromatic N) is 1. The minimum Gasteiger partial charge on any atom is -0.497 e. The van der Waals surface area contributed by atoms with E-state index in [1.54, 1.807) is 30.3 Å². The lowest BCUT2D eigenvalue weighted by Gasteiger charge is -2.24. The van der Waals surface area contributed by atoms with Crippen molar-refractivity contribution in [3.05, 3.63) is 48.0 Å². The molecule has 0 bridgehead atoms. The van der Waals surface area contributed by atoms with Gasteiger partial charge in [-0.05, 0) is 35.2 Å². The summed E-state index contributed by atoms with van der Waals surface area (Å²) in [6.07, 6.45) is 1.07. The van der Waals surface area contributed by atoms with E-state index < -0.39 is 15.9 Å². The first kappa shape index (κ1) is 22.5. The van der Waals surface area contributed by atoms with Crippen molar-refractivity contribution in [3.8, 4) is 11.5 Å². The molecule has 0 heterocycles. The predicted molar refractivity (Wildman–Crippen MR) is 116 cm³/mol. The zero-order valence-electron chi connectivity index (χ0n) is 17.6. The first-order valence-corrected chi connectivity index (χ1v) is 10.9. The number of hydrogen-bond acceptors (Lipinski definition) is 5. The van der Waals surface area contributed by atoms with E-state index in [4.69, 9.17) is 9.47 Å². The van der Waals surface area contributed by atoms with Crippen molar-refractivity contribution in [1.29, 1.82) is 0 Å². The van der Waals surface area contributed by atoms with E-state index in [0.717, 1.165) is 16.1 Å². The Morgan fingerprint density at radius 3 is 2.14 bits per heavy atom. The van der Waals surface area contributed by atoms with E-state index in [0.29, 0.717) is 22.9 Å². The van der Waals surface area contributed by atoms with Crippen LogP contribution in [0.25, 0.3) is 0 Å². The molecule has 0 fully saturated rings. The fourth-order valence-corrected chi connectivity index (χ4v) is 3.62. The maximum absolute atomic E-state index is 12.6. The minimum atomic E-state index is -3.67. The number of hydrogen-bond donors (Lipinski definition) is 1. The Labute approximate surface area is 172 Å². The summed E-state index contributed by atoms with van der Waals surface area (Å²) in [6, 6.07) is 12.1. The maximum Gasteiger partial charge on any atom is 0.245 e. The van der Waals surface area contributed by atoms with Gasteiger partial charge < -0.3 is 14.8 Å². The lowest BCUT2D eigenvalue weighted by molar-refractivity contribution is -0.114. The Hall–Kier alpha value is -2.74. The third-order valence-electron chi connectivity index (χ3n) is 4.39. The number of rotatable bonds is 7. The maximum atomic E-state index is 12.6. The average Bonchev–Trinajstić information content (AvgIpc) is 2.64. The lowest BCUT2D eigenvalue weighted by Crippen LogP contribution is -2.37. The smallest absolute Gasteiger partial charge is 0.245 e. The zero-order valence-corrected chi connectivity index (χ0v) is 18.5. The highest BCUT2D eigenvalue weighted by Crippen LogP contribution is 2.29. The third-order valence-corrected chi connectivity index (χ3v) is 5.53. The van der Waals surface area contributed by atoms with Crippen molar-refractivity contribution < 1.29 is 22.7 Å². The molecule has 0 atom stereocenters. The molecule has 7 nitrogen and oxygen atoms in total. The highest BCUT2D eigenvalue weighted by Gasteiger charge is 2.22. The molecule has 0 radical (unpaired) electrons. The molecule has 2 aromatic rings. The number of nitrogens with one attached hydrogen (secondary N) is 1. The summed E-state index contributed by atoms with van der Waals surface area (Å²) in [5.74, 6) is 0.486. The molecule has 0 saturated carbocycles. The van der Waals surface area contributed by atoms with Crippen LogP contribution in [0.5, 0.6) is 11.5 Å². The molecule has 0 aliphatic carbocycles. The molecule has 158 valence electrons. The van der Waals surface area contributed by atoms with Crippen LogP contribution in [0.15, 0.2) is 42.5 Å². The van der Waals surface area contributed by atoms with Crippen LogP contribution in [-0.2, 0) is 20.2 Å². The Morgan fingerprint density at radius 2 is 1.66 bits per heavy atom. The Balaban J connectivity index is 2.27. The molecule has 1 amide bonds. The van der Waals surface area contributed by atoms with Gasteiger partial charge in [0.05, 0.1) is 31.9 Å². The molecule has 0 aromatic heterocycles. The van der Waals surface area contributed by atoms with Gasteiger partial charge in [-0.2, -0.15) is 0 Å². The second-order valence-electron chi connectivity index (χ2n) is 7.68. The standard InChI is InChI=1S/C21H28N2O5S/c1-21(2,3)15-7-9-16(10-8-15)23(29(6,25)26)14-20(24)22-18-13-17(27-4)11-12-19(18)28-5/h7-13H,14H2,1-6H3,(H,22,24). The first-order valence-electron chi connectivity index (χ1n) is 9.06. The van der Waals surface area contributed by atoms with Gasteiger partial charge in [-0.1, -0.05) is 32.9 Å². The fourth-order valence-electron chi connectivity index (χ4n) is 2.76. The quantitative estimate of drug-likeness (QED) is 0.742. The summed E-state index contributed by atoms with van der Waals surface area (Å²) in [5, 5.41) is 2.69. The molecule has 0 unspecified atom stereocenters. The Kier molecular flexibility index (Phi) is 6.79. The summed E-state index contributed by atoms with van der Waals surface area (Å²) in [6.45, 7) is 5.86. The molecule has 29 heavy (non-hydrogen) atoms. The van der Waals surface area contributed by atoms with E-state index in [2.05, 4.69) is 26.1 Å². The molecule has 2 aromatic carbocycles. The number of methoxy groups -OCH3 is 2. The number of carbonyl (C=O) groups is 1. The van der Waals surface area contributed by atoms with Gasteiger partial charge in [0, 0.05) is 6.07 Å². The summed E-state index contributed by atoms with van der Waals surface area (Å²) in [5.41, 5.74) is 1.83. The van der Waals surface area contributed by atoms with Crippen LogP contribution < -0.4 is 19.1 Å². The largest absolute Gasteiger partial charge is 0.497 e. The summed E-state index contributed by atoms with van der Waals surface area (Å²) in [7, 11) is -0.668. The van der Waals surface area contributed by atoms with Gasteiger partial charge in [-0.25, -0.2) is 8.42 Å². The molecule has 0 spiro atoms. The number of carbonyl (C=O) groups excluding carboxylic acids is 1. The van der Waals surface area contributed by atoms with Crippen molar-refractivity contribution >= 4 is 27.3 Å². The minimum absolute atomic E-state index is 0.0608. The number of benzene rings is 2. The molecule has 0 aliphatic heterocycles.